The minimum Gasteiger partial charge on any atom is -0.391 e. The topological polar surface area (TPSA) is 66.4 Å². The zero-order valence-corrected chi connectivity index (χ0v) is 15.5. The smallest absolute Gasteiger partial charge is 0.250 e. The second-order valence-corrected chi connectivity index (χ2v) is 8.93. The molecule has 0 unspecified atom stereocenters. The monoisotopic (exact) mass is 365 g/mol. The number of aliphatic hydroxyl groups excluding tert-OH is 1. The molecular weight excluding hydrogens is 342 g/mol. The largest absolute Gasteiger partial charge is 0.391 e. The normalized spacial score (nSPS) is 16.8. The van der Waals surface area contributed by atoms with Crippen molar-refractivity contribution < 1.29 is 13.5 Å². The average Bonchev–Trinajstić information content (AvgIpc) is 2.91. The number of thiophene rings is 1. The number of aliphatic hydroxyl groups is 1. The molecule has 1 aromatic heterocycles. The number of halogens is 1. The third-order valence-corrected chi connectivity index (χ3v) is 6.74. The van der Waals surface area contributed by atoms with Crippen molar-refractivity contribution in [1.29, 1.82) is 0 Å². The number of sulfonamides is 1. The van der Waals surface area contributed by atoms with Gasteiger partial charge in [-0.15, -0.1) is 11.3 Å². The fraction of sp³-hybridized carbons (Fsp3) is 0.600. The zero-order chi connectivity index (χ0) is 16.8. The summed E-state index contributed by atoms with van der Waals surface area (Å²) in [5.41, 5.74) is 0. The fourth-order valence-corrected chi connectivity index (χ4v) is 4.93. The molecule has 0 amide bonds. The standard InChI is InChI=1S/C15H24ClNO3S2/c1-4-6-7-8-12(18)15(11(3)5-2)17-22(19,20)14-10-9-13(16)21-14/h6-7,9-12,15,17-18H,4-5,8H2,1-3H3/t11-,12+,15-/m0/s1. The number of hydrogen-bond acceptors (Lipinski definition) is 4. The number of hydrogen-bond donors (Lipinski definition) is 2. The second kappa shape index (κ2) is 9.03. The lowest BCUT2D eigenvalue weighted by atomic mass is 9.93. The van der Waals surface area contributed by atoms with Gasteiger partial charge in [-0.2, -0.15) is 0 Å². The molecule has 0 radical (unpaired) electrons. The van der Waals surface area contributed by atoms with Gasteiger partial charge in [-0.25, -0.2) is 13.1 Å². The van der Waals surface area contributed by atoms with Gasteiger partial charge in [-0.1, -0.05) is 50.9 Å². The molecule has 0 fully saturated rings. The van der Waals surface area contributed by atoms with Crippen molar-refractivity contribution in [3.8, 4) is 0 Å². The first-order valence-corrected chi connectivity index (χ1v) is 10.1. The highest BCUT2D eigenvalue weighted by atomic mass is 35.5. The highest BCUT2D eigenvalue weighted by Gasteiger charge is 2.29. The number of nitrogens with one attached hydrogen (secondary N) is 1. The fourth-order valence-electron chi connectivity index (χ4n) is 2.06. The Kier molecular flexibility index (Phi) is 8.07. The van der Waals surface area contributed by atoms with Gasteiger partial charge >= 0.3 is 0 Å². The summed E-state index contributed by atoms with van der Waals surface area (Å²) in [6.45, 7) is 5.92. The van der Waals surface area contributed by atoms with Crippen LogP contribution in [0, 0.1) is 5.92 Å². The molecule has 7 heteroatoms. The van der Waals surface area contributed by atoms with Crippen LogP contribution in [0.5, 0.6) is 0 Å². The maximum Gasteiger partial charge on any atom is 0.250 e. The first kappa shape index (κ1) is 19.6. The molecule has 0 saturated heterocycles. The summed E-state index contributed by atoms with van der Waals surface area (Å²) < 4.78 is 28.1. The van der Waals surface area contributed by atoms with E-state index >= 15 is 0 Å². The molecule has 1 rings (SSSR count). The molecule has 0 aliphatic carbocycles. The predicted molar refractivity (Wildman–Crippen MR) is 92.9 cm³/mol. The zero-order valence-electron chi connectivity index (χ0n) is 13.1. The van der Waals surface area contributed by atoms with E-state index in [9.17, 15) is 13.5 Å². The lowest BCUT2D eigenvalue weighted by Gasteiger charge is -2.28. The van der Waals surface area contributed by atoms with Gasteiger partial charge in [0.2, 0.25) is 10.0 Å². The first-order valence-electron chi connectivity index (χ1n) is 7.42. The summed E-state index contributed by atoms with van der Waals surface area (Å²) in [5, 5.41) is 10.4. The van der Waals surface area contributed by atoms with Crippen LogP contribution in [0.25, 0.3) is 0 Å². The molecule has 3 atom stereocenters. The highest BCUT2D eigenvalue weighted by molar-refractivity contribution is 7.91. The Bertz CT molecular complexity index is 583. The Morgan fingerprint density at radius 1 is 1.36 bits per heavy atom. The molecule has 126 valence electrons. The van der Waals surface area contributed by atoms with Gasteiger partial charge in [0.15, 0.2) is 0 Å². The number of rotatable bonds is 9. The molecule has 1 heterocycles. The van der Waals surface area contributed by atoms with Crippen molar-refractivity contribution in [3.05, 3.63) is 28.6 Å². The molecule has 0 bridgehead atoms. The summed E-state index contributed by atoms with van der Waals surface area (Å²) in [6, 6.07) is 2.50. The lowest BCUT2D eigenvalue weighted by molar-refractivity contribution is 0.114. The van der Waals surface area contributed by atoms with E-state index in [1.807, 2.05) is 32.9 Å². The molecule has 0 aromatic carbocycles. The van der Waals surface area contributed by atoms with Crippen molar-refractivity contribution in [2.45, 2.75) is 56.4 Å². The van der Waals surface area contributed by atoms with E-state index in [2.05, 4.69) is 4.72 Å². The van der Waals surface area contributed by atoms with Gasteiger partial charge in [-0.05, 0) is 30.9 Å². The van der Waals surface area contributed by atoms with Crippen LogP contribution in [0.2, 0.25) is 4.34 Å². The van der Waals surface area contributed by atoms with E-state index in [1.165, 1.54) is 6.07 Å². The van der Waals surface area contributed by atoms with Crippen LogP contribution in [0.3, 0.4) is 0 Å². The van der Waals surface area contributed by atoms with E-state index in [1.54, 1.807) is 6.07 Å². The van der Waals surface area contributed by atoms with Gasteiger partial charge < -0.3 is 5.11 Å². The Balaban J connectivity index is 2.91. The summed E-state index contributed by atoms with van der Waals surface area (Å²) in [6.07, 6.45) is 5.17. The SMILES string of the molecule is CCC=CC[C@@H](O)[C@@H](NS(=O)(=O)c1ccc(Cl)s1)[C@@H](C)CC. The summed E-state index contributed by atoms with van der Waals surface area (Å²) in [5.74, 6) is 0.0234. The second-order valence-electron chi connectivity index (χ2n) is 5.27. The first-order chi connectivity index (χ1) is 10.3. The Labute approximate surface area is 142 Å². The molecule has 1 aromatic rings. The minimum atomic E-state index is -3.67. The lowest BCUT2D eigenvalue weighted by Crippen LogP contribution is -2.47. The maximum atomic E-state index is 12.4. The summed E-state index contributed by atoms with van der Waals surface area (Å²) >= 11 is 6.82. The highest BCUT2D eigenvalue weighted by Crippen LogP contribution is 2.26. The van der Waals surface area contributed by atoms with E-state index in [4.69, 9.17) is 11.6 Å². The van der Waals surface area contributed by atoms with Crippen LogP contribution in [0.15, 0.2) is 28.5 Å². The van der Waals surface area contributed by atoms with Crippen molar-refractivity contribution in [2.75, 3.05) is 0 Å². The minimum absolute atomic E-state index is 0.0234. The van der Waals surface area contributed by atoms with E-state index in [0.29, 0.717) is 10.8 Å². The maximum absolute atomic E-state index is 12.4. The van der Waals surface area contributed by atoms with E-state index in [0.717, 1.165) is 24.2 Å². The molecule has 22 heavy (non-hydrogen) atoms. The van der Waals surface area contributed by atoms with Gasteiger partial charge in [-0.3, -0.25) is 0 Å². The summed E-state index contributed by atoms with van der Waals surface area (Å²) in [7, 11) is -3.67. The molecular formula is C15H24ClNO3S2. The molecule has 0 aliphatic heterocycles. The predicted octanol–water partition coefficient (Wildman–Crippen LogP) is 3.81. The van der Waals surface area contributed by atoms with Crippen LogP contribution in [-0.4, -0.2) is 25.7 Å². The van der Waals surface area contributed by atoms with Crippen molar-refractivity contribution in [2.24, 2.45) is 5.92 Å². The van der Waals surface area contributed by atoms with Crippen molar-refractivity contribution in [3.63, 3.8) is 0 Å². The molecule has 0 saturated carbocycles. The van der Waals surface area contributed by atoms with Gasteiger partial charge in [0, 0.05) is 0 Å². The Morgan fingerprint density at radius 3 is 2.55 bits per heavy atom. The third-order valence-electron chi connectivity index (χ3n) is 3.56. The van der Waals surface area contributed by atoms with E-state index in [-0.39, 0.29) is 10.1 Å². The van der Waals surface area contributed by atoms with Crippen molar-refractivity contribution >= 4 is 33.0 Å². The van der Waals surface area contributed by atoms with Crippen LogP contribution in [-0.2, 0) is 10.0 Å². The van der Waals surface area contributed by atoms with Crippen LogP contribution < -0.4 is 4.72 Å². The number of allylic oxidation sites excluding steroid dienone is 1. The van der Waals surface area contributed by atoms with Gasteiger partial charge in [0.25, 0.3) is 0 Å². The molecule has 2 N–H and O–H groups in total. The average molecular weight is 366 g/mol. The van der Waals surface area contributed by atoms with Crippen LogP contribution >= 0.6 is 22.9 Å². The summed E-state index contributed by atoms with van der Waals surface area (Å²) in [4.78, 5) is 0. The molecule has 4 nitrogen and oxygen atoms in total. The van der Waals surface area contributed by atoms with Gasteiger partial charge in [0.1, 0.15) is 4.21 Å². The van der Waals surface area contributed by atoms with Crippen molar-refractivity contribution in [1.82, 2.24) is 4.72 Å². The molecule has 0 spiro atoms. The van der Waals surface area contributed by atoms with E-state index < -0.39 is 22.2 Å². The Hall–Kier alpha value is -0.400. The van der Waals surface area contributed by atoms with Crippen LogP contribution in [0.4, 0.5) is 0 Å². The van der Waals surface area contributed by atoms with Crippen LogP contribution in [0.1, 0.15) is 40.0 Å². The quantitative estimate of drug-likeness (QED) is 0.654. The van der Waals surface area contributed by atoms with Gasteiger partial charge in [0.05, 0.1) is 16.5 Å². The molecule has 0 aliphatic rings. The Morgan fingerprint density at radius 2 is 2.05 bits per heavy atom. The third kappa shape index (κ3) is 5.66.